The van der Waals surface area contributed by atoms with Gasteiger partial charge in [0, 0.05) is 12.8 Å². The molecule has 0 aliphatic carbocycles. The fraction of sp³-hybridized carbons (Fsp3) is 0.619. The van der Waals surface area contributed by atoms with E-state index in [9.17, 15) is 14.2 Å². The third kappa shape index (κ3) is 39.9. The van der Waals surface area contributed by atoms with Gasteiger partial charge in [0.1, 0.15) is 6.61 Å². The summed E-state index contributed by atoms with van der Waals surface area (Å²) in [7, 11) is -4.77. The Morgan fingerprint density at radius 3 is 1.57 bits per heavy atom. The Labute approximate surface area is 310 Å². The predicted molar refractivity (Wildman–Crippen MR) is 211 cm³/mol. The minimum absolute atomic E-state index is 0.160. The molecule has 51 heavy (non-hydrogen) atoms. The molecular formula is C42H69O8P. The molecule has 0 aliphatic heterocycles. The molecule has 0 bridgehead atoms. The first-order valence-corrected chi connectivity index (χ1v) is 21.0. The van der Waals surface area contributed by atoms with Crippen LogP contribution < -0.4 is 0 Å². The number of carbonyl (C=O) groups excluding carboxylic acids is 2. The lowest BCUT2D eigenvalue weighted by atomic mass is 10.1. The SMILES string of the molecule is CC/C=C/C=C/C=C/C=C/CCCCCC(=O)OC(COC(=O)CCCCCCCCCCCC/C=C/C/C=C/C/C=C/CC)COP(=O)(O)O. The third-order valence-corrected chi connectivity index (χ3v) is 8.24. The van der Waals surface area contributed by atoms with Crippen LogP contribution in [-0.4, -0.2) is 41.0 Å². The molecule has 9 heteroatoms. The molecule has 0 aromatic rings. The lowest BCUT2D eigenvalue weighted by Crippen LogP contribution is -2.29. The highest BCUT2D eigenvalue weighted by molar-refractivity contribution is 7.46. The van der Waals surface area contributed by atoms with Crippen LogP contribution in [0.1, 0.15) is 149 Å². The van der Waals surface area contributed by atoms with Gasteiger partial charge in [-0.2, -0.15) is 0 Å². The first kappa shape index (κ1) is 48.2. The van der Waals surface area contributed by atoms with E-state index in [0.29, 0.717) is 12.8 Å². The third-order valence-electron chi connectivity index (χ3n) is 7.75. The number of esters is 2. The second-order valence-corrected chi connectivity index (χ2v) is 13.8. The number of carbonyl (C=O) groups is 2. The van der Waals surface area contributed by atoms with Gasteiger partial charge in [0.25, 0.3) is 0 Å². The van der Waals surface area contributed by atoms with Gasteiger partial charge >= 0.3 is 19.8 Å². The van der Waals surface area contributed by atoms with Crippen molar-refractivity contribution >= 4 is 19.8 Å². The summed E-state index contributed by atoms with van der Waals surface area (Å²) < 4.78 is 26.3. The van der Waals surface area contributed by atoms with Gasteiger partial charge in [-0.05, 0) is 64.2 Å². The summed E-state index contributed by atoms with van der Waals surface area (Å²) in [4.78, 5) is 42.7. The van der Waals surface area contributed by atoms with Crippen molar-refractivity contribution in [3.05, 3.63) is 85.1 Å². The van der Waals surface area contributed by atoms with Gasteiger partial charge in [0.15, 0.2) is 6.10 Å². The normalized spacial score (nSPS) is 13.4. The number of allylic oxidation sites excluding steroid dienone is 14. The zero-order valence-corrected chi connectivity index (χ0v) is 32.6. The van der Waals surface area contributed by atoms with Crippen molar-refractivity contribution in [1.29, 1.82) is 0 Å². The van der Waals surface area contributed by atoms with Crippen molar-refractivity contribution in [2.24, 2.45) is 0 Å². The van der Waals surface area contributed by atoms with Crippen LogP contribution in [0.2, 0.25) is 0 Å². The van der Waals surface area contributed by atoms with E-state index >= 15 is 0 Å². The van der Waals surface area contributed by atoms with E-state index in [1.54, 1.807) is 0 Å². The molecule has 1 unspecified atom stereocenters. The van der Waals surface area contributed by atoms with Gasteiger partial charge in [0.2, 0.25) is 0 Å². The van der Waals surface area contributed by atoms with E-state index in [1.165, 1.54) is 38.5 Å². The molecule has 0 spiro atoms. The standard InChI is InChI=1S/C42H69O8P/c1-3-5-7-9-11-13-15-17-18-19-20-21-22-23-25-26-28-30-32-34-36-41(43)48-38-40(39-49-51(45,46)47)50-42(44)37-35-33-31-29-27-24-16-14-12-10-8-6-4-2/h5-8,10-14,16-18,24,27,40H,3-4,9,15,19-23,25-26,28-39H2,1-2H3,(H2,45,46,47)/b7-5+,8-6+,12-10+,13-11+,16-14+,18-17+,27-24+. The van der Waals surface area contributed by atoms with Gasteiger partial charge < -0.3 is 19.3 Å². The molecule has 0 fully saturated rings. The maximum Gasteiger partial charge on any atom is 0.469 e. The minimum Gasteiger partial charge on any atom is -0.462 e. The molecule has 0 aliphatic rings. The van der Waals surface area contributed by atoms with Crippen molar-refractivity contribution in [2.45, 2.75) is 155 Å². The molecule has 0 aromatic carbocycles. The van der Waals surface area contributed by atoms with Crippen molar-refractivity contribution in [1.82, 2.24) is 0 Å². The lowest BCUT2D eigenvalue weighted by Gasteiger charge is -2.18. The first-order chi connectivity index (χ1) is 24.8. The number of hydrogen-bond acceptors (Lipinski definition) is 6. The highest BCUT2D eigenvalue weighted by Gasteiger charge is 2.22. The summed E-state index contributed by atoms with van der Waals surface area (Å²) in [6.07, 6.45) is 48.8. The fourth-order valence-electron chi connectivity index (χ4n) is 4.93. The van der Waals surface area contributed by atoms with Gasteiger partial charge in [0.05, 0.1) is 6.61 Å². The molecule has 0 heterocycles. The average molecular weight is 733 g/mol. The van der Waals surface area contributed by atoms with Crippen LogP contribution >= 0.6 is 7.82 Å². The lowest BCUT2D eigenvalue weighted by molar-refractivity contribution is -0.161. The quantitative estimate of drug-likeness (QED) is 0.0221. The van der Waals surface area contributed by atoms with E-state index in [0.717, 1.165) is 70.6 Å². The molecule has 1 atom stereocenters. The Balaban J connectivity index is 3.98. The molecule has 0 aromatic heterocycles. The van der Waals surface area contributed by atoms with E-state index in [4.69, 9.17) is 19.3 Å². The summed E-state index contributed by atoms with van der Waals surface area (Å²) in [6, 6.07) is 0. The number of phosphoric acid groups is 1. The summed E-state index contributed by atoms with van der Waals surface area (Å²) in [5.41, 5.74) is 0. The zero-order chi connectivity index (χ0) is 37.5. The van der Waals surface area contributed by atoms with Crippen LogP contribution in [0.25, 0.3) is 0 Å². The van der Waals surface area contributed by atoms with E-state index in [1.807, 2.05) is 36.5 Å². The van der Waals surface area contributed by atoms with Crippen LogP contribution in [0.5, 0.6) is 0 Å². The van der Waals surface area contributed by atoms with Crippen LogP contribution in [0.3, 0.4) is 0 Å². The van der Waals surface area contributed by atoms with Crippen LogP contribution in [-0.2, 0) is 28.2 Å². The number of unbranched alkanes of at least 4 members (excludes halogenated alkanes) is 13. The van der Waals surface area contributed by atoms with Crippen LogP contribution in [0.15, 0.2) is 85.1 Å². The Bertz CT molecular complexity index is 1100. The molecule has 8 nitrogen and oxygen atoms in total. The van der Waals surface area contributed by atoms with Crippen molar-refractivity contribution < 1.29 is 37.9 Å². The summed E-state index contributed by atoms with van der Waals surface area (Å²) in [5, 5.41) is 0. The molecule has 290 valence electrons. The number of rotatable bonds is 34. The summed E-state index contributed by atoms with van der Waals surface area (Å²) in [6.45, 7) is 3.38. The molecule has 0 rings (SSSR count). The highest BCUT2D eigenvalue weighted by Crippen LogP contribution is 2.36. The monoisotopic (exact) mass is 732 g/mol. The molecule has 0 saturated carbocycles. The van der Waals surface area contributed by atoms with Gasteiger partial charge in [-0.3, -0.25) is 14.1 Å². The zero-order valence-electron chi connectivity index (χ0n) is 31.7. The topological polar surface area (TPSA) is 119 Å². The molecular weight excluding hydrogens is 663 g/mol. The van der Waals surface area contributed by atoms with Crippen LogP contribution in [0, 0.1) is 0 Å². The van der Waals surface area contributed by atoms with Crippen LogP contribution in [0.4, 0.5) is 0 Å². The van der Waals surface area contributed by atoms with E-state index < -0.39 is 32.5 Å². The van der Waals surface area contributed by atoms with E-state index in [-0.39, 0.29) is 19.4 Å². The molecule has 0 saturated heterocycles. The van der Waals surface area contributed by atoms with Crippen molar-refractivity contribution in [3.63, 3.8) is 0 Å². The fourth-order valence-corrected chi connectivity index (χ4v) is 5.29. The Hall–Kier alpha value is -2.77. The van der Waals surface area contributed by atoms with Crippen molar-refractivity contribution in [2.75, 3.05) is 13.2 Å². The predicted octanol–water partition coefficient (Wildman–Crippen LogP) is 11.7. The number of ether oxygens (including phenoxy) is 2. The minimum atomic E-state index is -4.77. The molecule has 0 amide bonds. The first-order valence-electron chi connectivity index (χ1n) is 19.4. The molecule has 0 radical (unpaired) electrons. The Morgan fingerprint density at radius 1 is 0.529 bits per heavy atom. The summed E-state index contributed by atoms with van der Waals surface area (Å²) >= 11 is 0. The maximum absolute atomic E-state index is 12.3. The van der Waals surface area contributed by atoms with Gasteiger partial charge in [-0.1, -0.05) is 157 Å². The summed E-state index contributed by atoms with van der Waals surface area (Å²) in [5.74, 6) is -0.944. The Kier molecular flexibility index (Phi) is 35.0. The van der Waals surface area contributed by atoms with E-state index in [2.05, 4.69) is 67.0 Å². The number of phosphoric ester groups is 1. The number of hydrogen-bond donors (Lipinski definition) is 2. The smallest absolute Gasteiger partial charge is 0.462 e. The second kappa shape index (κ2) is 37.0. The van der Waals surface area contributed by atoms with Gasteiger partial charge in [-0.15, -0.1) is 0 Å². The molecule has 2 N–H and O–H groups in total. The van der Waals surface area contributed by atoms with Crippen molar-refractivity contribution in [3.8, 4) is 0 Å². The van der Waals surface area contributed by atoms with Gasteiger partial charge in [-0.25, -0.2) is 4.57 Å². The maximum atomic E-state index is 12.3. The second-order valence-electron chi connectivity index (χ2n) is 12.6. The highest BCUT2D eigenvalue weighted by atomic mass is 31.2. The largest absolute Gasteiger partial charge is 0.469 e. The Morgan fingerprint density at radius 2 is 0.980 bits per heavy atom. The average Bonchev–Trinajstić information content (AvgIpc) is 3.10.